The van der Waals surface area contributed by atoms with Crippen molar-refractivity contribution in [1.29, 1.82) is 0 Å². The largest absolute Gasteiger partial charge is 0.496 e. The highest BCUT2D eigenvalue weighted by molar-refractivity contribution is 9.10. The maximum atomic E-state index is 9.10. The molecule has 0 aliphatic heterocycles. The van der Waals surface area contributed by atoms with Crippen molar-refractivity contribution in [3.05, 3.63) is 58.1 Å². The molecule has 0 radical (unpaired) electrons. The van der Waals surface area contributed by atoms with Crippen molar-refractivity contribution in [3.63, 3.8) is 0 Å². The maximum Gasteiger partial charge on any atom is 0.414 e. The second-order valence-corrected chi connectivity index (χ2v) is 5.85. The number of hydrogen-bond donors (Lipinski definition) is 3. The smallest absolute Gasteiger partial charge is 0.414 e. The van der Waals surface area contributed by atoms with Crippen LogP contribution in [0.1, 0.15) is 11.1 Å². The van der Waals surface area contributed by atoms with Crippen molar-refractivity contribution in [2.75, 3.05) is 14.2 Å². The van der Waals surface area contributed by atoms with Crippen molar-refractivity contribution in [2.45, 2.75) is 13.1 Å². The Morgan fingerprint density at radius 2 is 1.58 bits per heavy atom. The van der Waals surface area contributed by atoms with E-state index in [2.05, 4.69) is 39.4 Å². The fourth-order valence-electron chi connectivity index (χ4n) is 2.01. The Hall–Kier alpha value is -2.58. The second-order valence-electron chi connectivity index (χ2n) is 4.99. The minimum absolute atomic E-state index is 0.771. The minimum atomic E-state index is -1.82. The lowest BCUT2D eigenvalue weighted by atomic mass is 10.2. The number of benzene rings is 2. The lowest BCUT2D eigenvalue weighted by Crippen LogP contribution is -2.13. The van der Waals surface area contributed by atoms with Crippen LogP contribution in [-0.4, -0.2) is 36.4 Å². The fraction of sp³-hybridized carbons (Fsp3) is 0.222. The predicted octanol–water partition coefficient (Wildman–Crippen LogP) is 2.91. The molecule has 0 aliphatic rings. The molecule has 8 heteroatoms. The van der Waals surface area contributed by atoms with Crippen LogP contribution in [0.15, 0.2) is 46.9 Å². The molecule has 0 saturated carbocycles. The molecular weight excluding hydrogens is 406 g/mol. The highest BCUT2D eigenvalue weighted by Gasteiger charge is 2.04. The zero-order chi connectivity index (χ0) is 19.5. The first kappa shape index (κ1) is 21.5. The number of carboxylic acid groups (broad SMARTS) is 2. The van der Waals surface area contributed by atoms with E-state index < -0.39 is 11.9 Å². The molecule has 0 amide bonds. The van der Waals surface area contributed by atoms with Gasteiger partial charge in [0, 0.05) is 18.7 Å². The normalized spacial score (nSPS) is 9.65. The summed E-state index contributed by atoms with van der Waals surface area (Å²) in [6.45, 7) is 1.56. The molecule has 0 unspecified atom stereocenters. The van der Waals surface area contributed by atoms with Gasteiger partial charge in [0.2, 0.25) is 0 Å². The van der Waals surface area contributed by atoms with Crippen molar-refractivity contribution >= 4 is 27.9 Å². The van der Waals surface area contributed by atoms with E-state index in [-0.39, 0.29) is 0 Å². The number of hydrogen-bond acceptors (Lipinski definition) is 5. The number of ether oxygens (including phenoxy) is 2. The van der Waals surface area contributed by atoms with Gasteiger partial charge in [0.25, 0.3) is 0 Å². The fourth-order valence-corrected chi connectivity index (χ4v) is 2.60. The first-order valence-corrected chi connectivity index (χ1v) is 8.29. The Morgan fingerprint density at radius 1 is 0.962 bits per heavy atom. The SMILES string of the molecule is COc1ccc(CNCc2ccccc2OC)cc1Br.O=C(O)C(=O)O. The van der Waals surface area contributed by atoms with Crippen LogP contribution in [0.4, 0.5) is 0 Å². The lowest BCUT2D eigenvalue weighted by Gasteiger charge is -2.10. The van der Waals surface area contributed by atoms with Crippen LogP contribution >= 0.6 is 15.9 Å². The van der Waals surface area contributed by atoms with E-state index in [9.17, 15) is 0 Å². The molecule has 0 fully saturated rings. The molecular formula is C18H20BrNO6. The van der Waals surface area contributed by atoms with Gasteiger partial charge in [-0.15, -0.1) is 0 Å². The summed E-state index contributed by atoms with van der Waals surface area (Å²) in [5, 5.41) is 18.2. The summed E-state index contributed by atoms with van der Waals surface area (Å²) in [4.78, 5) is 18.2. The Bertz CT molecular complexity index is 738. The topological polar surface area (TPSA) is 105 Å². The van der Waals surface area contributed by atoms with Crippen LogP contribution in [0.5, 0.6) is 11.5 Å². The number of nitrogens with one attached hydrogen (secondary N) is 1. The molecule has 0 saturated heterocycles. The molecule has 3 N–H and O–H groups in total. The van der Waals surface area contributed by atoms with Crippen LogP contribution in [-0.2, 0) is 22.7 Å². The molecule has 0 heterocycles. The number of carboxylic acids is 2. The van der Waals surface area contributed by atoms with E-state index in [1.807, 2.05) is 24.3 Å². The van der Waals surface area contributed by atoms with E-state index >= 15 is 0 Å². The monoisotopic (exact) mass is 425 g/mol. The number of aliphatic carboxylic acids is 2. The van der Waals surface area contributed by atoms with E-state index in [0.717, 1.165) is 34.6 Å². The number of para-hydroxylation sites is 1. The molecule has 0 spiro atoms. The average Bonchev–Trinajstić information content (AvgIpc) is 2.62. The quantitative estimate of drug-likeness (QED) is 0.610. The second kappa shape index (κ2) is 11.1. The average molecular weight is 426 g/mol. The number of rotatable bonds is 6. The molecule has 0 aromatic heterocycles. The summed E-state index contributed by atoms with van der Waals surface area (Å²) in [5.74, 6) is -1.89. The van der Waals surface area contributed by atoms with Crippen LogP contribution in [0.3, 0.4) is 0 Å². The summed E-state index contributed by atoms with van der Waals surface area (Å²) in [7, 11) is 3.36. The zero-order valence-corrected chi connectivity index (χ0v) is 15.9. The van der Waals surface area contributed by atoms with Crippen molar-refractivity contribution in [3.8, 4) is 11.5 Å². The summed E-state index contributed by atoms with van der Waals surface area (Å²) in [6.07, 6.45) is 0. The molecule has 0 aliphatic carbocycles. The number of methoxy groups -OCH3 is 2. The Morgan fingerprint density at radius 3 is 2.12 bits per heavy atom. The van der Waals surface area contributed by atoms with E-state index in [4.69, 9.17) is 29.3 Å². The first-order chi connectivity index (χ1) is 12.4. The molecule has 2 aromatic carbocycles. The molecule has 2 aromatic rings. The molecule has 140 valence electrons. The van der Waals surface area contributed by atoms with E-state index in [1.165, 1.54) is 5.56 Å². The van der Waals surface area contributed by atoms with Crippen LogP contribution in [0.2, 0.25) is 0 Å². The van der Waals surface area contributed by atoms with Gasteiger partial charge in [0.05, 0.1) is 18.7 Å². The van der Waals surface area contributed by atoms with Crippen LogP contribution < -0.4 is 14.8 Å². The third-order valence-corrected chi connectivity index (χ3v) is 3.86. The van der Waals surface area contributed by atoms with Gasteiger partial charge in [-0.2, -0.15) is 0 Å². The first-order valence-electron chi connectivity index (χ1n) is 7.50. The molecule has 2 rings (SSSR count). The molecule has 0 atom stereocenters. The van der Waals surface area contributed by atoms with Crippen molar-refractivity contribution in [2.24, 2.45) is 0 Å². The van der Waals surface area contributed by atoms with Crippen molar-refractivity contribution < 1.29 is 29.3 Å². The third-order valence-electron chi connectivity index (χ3n) is 3.24. The van der Waals surface area contributed by atoms with Gasteiger partial charge in [-0.1, -0.05) is 24.3 Å². The number of halogens is 1. The highest BCUT2D eigenvalue weighted by Crippen LogP contribution is 2.25. The predicted molar refractivity (Wildman–Crippen MR) is 99.5 cm³/mol. The molecule has 26 heavy (non-hydrogen) atoms. The summed E-state index contributed by atoms with van der Waals surface area (Å²) in [6, 6.07) is 14.1. The van der Waals surface area contributed by atoms with E-state index in [0.29, 0.717) is 0 Å². The Balaban J connectivity index is 0.000000487. The zero-order valence-electron chi connectivity index (χ0n) is 14.4. The Labute approximate surface area is 159 Å². The van der Waals surface area contributed by atoms with Crippen LogP contribution in [0.25, 0.3) is 0 Å². The summed E-state index contributed by atoms with van der Waals surface area (Å²) < 4.78 is 11.5. The lowest BCUT2D eigenvalue weighted by molar-refractivity contribution is -0.159. The van der Waals surface area contributed by atoms with Gasteiger partial charge in [-0.05, 0) is 39.7 Å². The maximum absolute atomic E-state index is 9.10. The van der Waals surface area contributed by atoms with Gasteiger partial charge < -0.3 is 25.0 Å². The summed E-state index contributed by atoms with van der Waals surface area (Å²) in [5.41, 5.74) is 2.36. The van der Waals surface area contributed by atoms with Crippen LogP contribution in [0, 0.1) is 0 Å². The van der Waals surface area contributed by atoms with Gasteiger partial charge >= 0.3 is 11.9 Å². The third kappa shape index (κ3) is 7.12. The number of carbonyl (C=O) groups is 2. The minimum Gasteiger partial charge on any atom is -0.496 e. The van der Waals surface area contributed by atoms with Gasteiger partial charge in [-0.25, -0.2) is 9.59 Å². The molecule has 7 nitrogen and oxygen atoms in total. The Kier molecular flexibility index (Phi) is 9.18. The highest BCUT2D eigenvalue weighted by atomic mass is 79.9. The van der Waals surface area contributed by atoms with Gasteiger partial charge in [0.15, 0.2) is 0 Å². The van der Waals surface area contributed by atoms with Gasteiger partial charge in [-0.3, -0.25) is 0 Å². The summed E-state index contributed by atoms with van der Waals surface area (Å²) >= 11 is 3.49. The molecule has 0 bridgehead atoms. The standard InChI is InChI=1S/C16H18BrNO2.C2H2O4/c1-19-15-6-4-3-5-13(15)11-18-10-12-7-8-16(20-2)14(17)9-12;3-1(4)2(5)6/h3-9,18H,10-11H2,1-2H3;(H,3,4)(H,5,6). The van der Waals surface area contributed by atoms with E-state index in [1.54, 1.807) is 14.2 Å². The van der Waals surface area contributed by atoms with Crippen molar-refractivity contribution in [1.82, 2.24) is 5.32 Å². The van der Waals surface area contributed by atoms with Gasteiger partial charge in [0.1, 0.15) is 11.5 Å².